The first kappa shape index (κ1) is 17.0. The third-order valence-corrected chi connectivity index (χ3v) is 5.78. The number of nitrogens with zero attached hydrogens (tertiary/aromatic N) is 3. The third-order valence-electron chi connectivity index (χ3n) is 4.81. The van der Waals surface area contributed by atoms with E-state index in [4.69, 9.17) is 0 Å². The smallest absolute Gasteiger partial charge is 0.253 e. The maximum atomic E-state index is 12.9. The molecule has 5 nitrogen and oxygen atoms in total. The van der Waals surface area contributed by atoms with Crippen LogP contribution in [-0.2, 0) is 0 Å². The Kier molecular flexibility index (Phi) is 5.13. The van der Waals surface area contributed by atoms with Gasteiger partial charge in [-0.05, 0) is 55.6 Å². The summed E-state index contributed by atoms with van der Waals surface area (Å²) in [5, 5.41) is 9.51. The monoisotopic (exact) mass is 366 g/mol. The van der Waals surface area contributed by atoms with Crippen LogP contribution in [0.3, 0.4) is 0 Å². The molecule has 1 saturated heterocycles. The fraction of sp³-hybridized carbons (Fsp3) is 0.300. The summed E-state index contributed by atoms with van der Waals surface area (Å²) >= 11 is 1.76. The molecule has 2 aromatic heterocycles. The molecule has 3 aromatic rings. The maximum absolute atomic E-state index is 12.9. The minimum Gasteiger partial charge on any atom is -0.350 e. The molecule has 0 bridgehead atoms. The van der Waals surface area contributed by atoms with Gasteiger partial charge >= 0.3 is 0 Å². The second-order valence-electron chi connectivity index (χ2n) is 6.45. The number of nitrogens with one attached hydrogen (secondary N) is 1. The Balaban J connectivity index is 1.51. The van der Waals surface area contributed by atoms with Crippen molar-refractivity contribution in [1.29, 1.82) is 0 Å². The molecule has 1 atom stereocenters. The van der Waals surface area contributed by atoms with E-state index in [0.29, 0.717) is 12.1 Å². The minimum absolute atomic E-state index is 0.0585. The average Bonchev–Trinajstić information content (AvgIpc) is 3.44. The van der Waals surface area contributed by atoms with Gasteiger partial charge in [-0.1, -0.05) is 18.2 Å². The van der Waals surface area contributed by atoms with Crippen LogP contribution in [0.15, 0.2) is 60.2 Å². The summed E-state index contributed by atoms with van der Waals surface area (Å²) in [7, 11) is 0. The number of thiophene rings is 1. The molecule has 1 fully saturated rings. The van der Waals surface area contributed by atoms with Crippen molar-refractivity contribution in [3.8, 4) is 5.69 Å². The molecule has 1 unspecified atom stereocenters. The van der Waals surface area contributed by atoms with Gasteiger partial charge < -0.3 is 5.32 Å². The molecule has 4 rings (SSSR count). The zero-order chi connectivity index (χ0) is 17.8. The number of carbonyl (C=O) groups excluding carboxylic acids is 1. The van der Waals surface area contributed by atoms with Crippen molar-refractivity contribution in [2.45, 2.75) is 18.9 Å². The summed E-state index contributed by atoms with van der Waals surface area (Å²) < 4.78 is 1.73. The van der Waals surface area contributed by atoms with Crippen LogP contribution in [0.2, 0.25) is 0 Å². The summed E-state index contributed by atoms with van der Waals surface area (Å²) in [6, 6.07) is 13.9. The number of para-hydroxylation sites is 1. The van der Waals surface area contributed by atoms with Crippen LogP contribution in [0.5, 0.6) is 0 Å². The van der Waals surface area contributed by atoms with E-state index in [1.807, 2.05) is 36.5 Å². The van der Waals surface area contributed by atoms with Crippen LogP contribution >= 0.6 is 11.3 Å². The quantitative estimate of drug-likeness (QED) is 0.726. The van der Waals surface area contributed by atoms with Gasteiger partial charge in [0.05, 0.1) is 17.3 Å². The molecule has 1 amide bonds. The van der Waals surface area contributed by atoms with E-state index in [2.05, 4.69) is 32.8 Å². The summed E-state index contributed by atoms with van der Waals surface area (Å²) in [5.74, 6) is -0.0585. The van der Waals surface area contributed by atoms with Crippen molar-refractivity contribution in [3.05, 3.63) is 70.7 Å². The number of carbonyl (C=O) groups is 1. The van der Waals surface area contributed by atoms with Gasteiger partial charge in [-0.2, -0.15) is 5.10 Å². The largest absolute Gasteiger partial charge is 0.350 e. The molecule has 26 heavy (non-hydrogen) atoms. The summed E-state index contributed by atoms with van der Waals surface area (Å²) in [5.41, 5.74) is 1.44. The highest BCUT2D eigenvalue weighted by atomic mass is 32.1. The van der Waals surface area contributed by atoms with E-state index in [-0.39, 0.29) is 11.9 Å². The van der Waals surface area contributed by atoms with E-state index >= 15 is 0 Å². The topological polar surface area (TPSA) is 50.2 Å². The highest BCUT2D eigenvalue weighted by Gasteiger charge is 2.25. The van der Waals surface area contributed by atoms with Gasteiger partial charge in [0.15, 0.2) is 0 Å². The van der Waals surface area contributed by atoms with Crippen molar-refractivity contribution in [2.75, 3.05) is 19.6 Å². The van der Waals surface area contributed by atoms with Crippen molar-refractivity contribution in [3.63, 3.8) is 0 Å². The molecule has 1 N–H and O–H groups in total. The summed E-state index contributed by atoms with van der Waals surface area (Å²) in [4.78, 5) is 16.7. The van der Waals surface area contributed by atoms with Crippen molar-refractivity contribution in [1.82, 2.24) is 20.0 Å². The third kappa shape index (κ3) is 3.57. The van der Waals surface area contributed by atoms with Crippen molar-refractivity contribution in [2.24, 2.45) is 0 Å². The van der Waals surface area contributed by atoms with Gasteiger partial charge in [0.2, 0.25) is 0 Å². The number of hydrogen-bond donors (Lipinski definition) is 1. The highest BCUT2D eigenvalue weighted by Crippen LogP contribution is 2.28. The van der Waals surface area contributed by atoms with Crippen LogP contribution in [0, 0.1) is 0 Å². The lowest BCUT2D eigenvalue weighted by molar-refractivity contribution is 0.0938. The van der Waals surface area contributed by atoms with Crippen LogP contribution in [0.1, 0.15) is 34.1 Å². The van der Waals surface area contributed by atoms with Gasteiger partial charge in [-0.15, -0.1) is 11.3 Å². The normalized spacial score (nSPS) is 15.8. The number of rotatable bonds is 6. The Morgan fingerprint density at radius 2 is 2.00 bits per heavy atom. The number of hydrogen-bond acceptors (Lipinski definition) is 4. The Labute approximate surface area is 157 Å². The van der Waals surface area contributed by atoms with E-state index in [1.165, 1.54) is 17.7 Å². The standard InChI is InChI=1S/C20H22N4OS/c25-20(16-7-1-2-8-17(16)24-13-6-10-22-24)21-15-18(19-9-5-14-26-19)23-11-3-4-12-23/h1-2,5-10,13-14,18H,3-4,11-12,15H2,(H,21,25). The van der Waals surface area contributed by atoms with E-state index in [9.17, 15) is 4.79 Å². The molecule has 134 valence electrons. The number of amides is 1. The first-order valence-corrected chi connectivity index (χ1v) is 9.85. The lowest BCUT2D eigenvalue weighted by atomic mass is 10.1. The Bertz CT molecular complexity index is 839. The van der Waals surface area contributed by atoms with E-state index in [0.717, 1.165) is 18.8 Å². The molecule has 1 aliphatic rings. The number of aromatic nitrogens is 2. The fourth-order valence-corrected chi connectivity index (χ4v) is 4.37. The van der Waals surface area contributed by atoms with Crippen LogP contribution in [0.4, 0.5) is 0 Å². The maximum Gasteiger partial charge on any atom is 0.253 e. The van der Waals surface area contributed by atoms with Crippen LogP contribution in [0.25, 0.3) is 5.69 Å². The molecule has 0 spiro atoms. The Morgan fingerprint density at radius 1 is 1.15 bits per heavy atom. The van der Waals surface area contributed by atoms with Gasteiger partial charge in [-0.3, -0.25) is 9.69 Å². The SMILES string of the molecule is O=C(NCC(c1cccs1)N1CCCC1)c1ccccc1-n1cccn1. The first-order chi connectivity index (χ1) is 12.8. The average molecular weight is 366 g/mol. The predicted octanol–water partition coefficient (Wildman–Crippen LogP) is 3.50. The zero-order valence-electron chi connectivity index (χ0n) is 14.5. The fourth-order valence-electron chi connectivity index (χ4n) is 3.51. The highest BCUT2D eigenvalue weighted by molar-refractivity contribution is 7.10. The molecular weight excluding hydrogens is 344 g/mol. The molecule has 3 heterocycles. The minimum atomic E-state index is -0.0585. The molecular formula is C20H22N4OS. The second kappa shape index (κ2) is 7.85. The van der Waals surface area contributed by atoms with Crippen LogP contribution in [-0.4, -0.2) is 40.2 Å². The molecule has 0 aliphatic carbocycles. The lowest BCUT2D eigenvalue weighted by Crippen LogP contribution is -2.36. The lowest BCUT2D eigenvalue weighted by Gasteiger charge is -2.27. The predicted molar refractivity (Wildman–Crippen MR) is 104 cm³/mol. The Morgan fingerprint density at radius 3 is 2.73 bits per heavy atom. The van der Waals surface area contributed by atoms with Crippen molar-refractivity contribution >= 4 is 17.2 Å². The van der Waals surface area contributed by atoms with Crippen molar-refractivity contribution < 1.29 is 4.79 Å². The van der Waals surface area contributed by atoms with Gasteiger partial charge in [0.25, 0.3) is 5.91 Å². The van der Waals surface area contributed by atoms with E-state index in [1.54, 1.807) is 22.2 Å². The first-order valence-electron chi connectivity index (χ1n) is 8.97. The molecule has 1 aliphatic heterocycles. The zero-order valence-corrected chi connectivity index (χ0v) is 15.4. The molecule has 1 aromatic carbocycles. The van der Waals surface area contributed by atoms with Gasteiger partial charge in [0, 0.05) is 23.8 Å². The van der Waals surface area contributed by atoms with Gasteiger partial charge in [0.1, 0.15) is 0 Å². The molecule has 0 saturated carbocycles. The molecule has 0 radical (unpaired) electrons. The van der Waals surface area contributed by atoms with Crippen LogP contribution < -0.4 is 5.32 Å². The summed E-state index contributed by atoms with van der Waals surface area (Å²) in [6.45, 7) is 2.82. The summed E-state index contributed by atoms with van der Waals surface area (Å²) in [6.07, 6.45) is 6.04. The Hall–Kier alpha value is -2.44. The molecule has 6 heteroatoms. The number of likely N-dealkylation sites (tertiary alicyclic amines) is 1. The van der Waals surface area contributed by atoms with Gasteiger partial charge in [-0.25, -0.2) is 4.68 Å². The van der Waals surface area contributed by atoms with E-state index < -0.39 is 0 Å². The number of benzene rings is 1. The second-order valence-corrected chi connectivity index (χ2v) is 7.43.